The molecule has 3 rings (SSSR count). The Hall–Kier alpha value is -0.670. The summed E-state index contributed by atoms with van der Waals surface area (Å²) < 4.78 is 12.2. The molecule has 0 aromatic heterocycles. The fourth-order valence-electron chi connectivity index (χ4n) is 4.18. The van der Waals surface area contributed by atoms with Crippen molar-refractivity contribution in [3.8, 4) is 0 Å². The van der Waals surface area contributed by atoms with Gasteiger partial charge in [0, 0.05) is 61.1 Å². The first kappa shape index (κ1) is 23.6. The molecular weight excluding hydrogens is 483 g/mol. The van der Waals surface area contributed by atoms with Crippen LogP contribution < -0.4 is 10.6 Å². The predicted octanol–water partition coefficient (Wildman–Crippen LogP) is 3.13. The number of nitrogens with zero attached hydrogens (tertiary/aromatic N) is 2. The maximum Gasteiger partial charge on any atom is 0.191 e. The van der Waals surface area contributed by atoms with Gasteiger partial charge in [0.05, 0.1) is 0 Å². The van der Waals surface area contributed by atoms with Gasteiger partial charge in [0.1, 0.15) is 0 Å². The molecule has 1 unspecified atom stereocenters. The molecule has 1 heterocycles. The van der Waals surface area contributed by atoms with E-state index in [0.29, 0.717) is 24.1 Å². The third kappa shape index (κ3) is 7.63. The second-order valence-corrected chi connectivity index (χ2v) is 9.24. The molecule has 1 saturated carbocycles. The van der Waals surface area contributed by atoms with Crippen molar-refractivity contribution in [3.63, 3.8) is 0 Å². The summed E-state index contributed by atoms with van der Waals surface area (Å²) in [6, 6.07) is 11.4. The largest absolute Gasteiger partial charge is 0.355 e. The monoisotopic (exact) mass is 518 g/mol. The molecule has 28 heavy (non-hydrogen) atoms. The summed E-state index contributed by atoms with van der Waals surface area (Å²) in [7, 11) is 0.955. The lowest BCUT2D eigenvalue weighted by molar-refractivity contribution is 0.150. The average molecular weight is 519 g/mol. The fourth-order valence-corrected chi connectivity index (χ4v) is 5.22. The molecule has 1 aromatic rings. The highest BCUT2D eigenvalue weighted by molar-refractivity contribution is 14.0. The molecule has 0 radical (unpaired) electrons. The van der Waals surface area contributed by atoms with Gasteiger partial charge in [-0.25, -0.2) is 0 Å². The summed E-state index contributed by atoms with van der Waals surface area (Å²) in [4.78, 5) is 7.03. The molecule has 0 bridgehead atoms. The first-order valence-electron chi connectivity index (χ1n) is 10.3. The van der Waals surface area contributed by atoms with Gasteiger partial charge < -0.3 is 15.5 Å². The van der Waals surface area contributed by atoms with Crippen molar-refractivity contribution < 1.29 is 4.21 Å². The summed E-state index contributed by atoms with van der Waals surface area (Å²) >= 11 is 0. The van der Waals surface area contributed by atoms with Crippen LogP contribution in [0.4, 0.5) is 0 Å². The minimum absolute atomic E-state index is 0. The molecule has 1 atom stereocenters. The van der Waals surface area contributed by atoms with E-state index >= 15 is 0 Å². The number of aliphatic imine (C=N–C) groups is 1. The topological polar surface area (TPSA) is 56.7 Å². The van der Waals surface area contributed by atoms with Crippen molar-refractivity contribution in [1.82, 2.24) is 15.5 Å². The van der Waals surface area contributed by atoms with E-state index in [0.717, 1.165) is 17.6 Å². The Balaban J connectivity index is 0.00000280. The molecule has 158 valence electrons. The second kappa shape index (κ2) is 12.8. The second-order valence-electron chi connectivity index (χ2n) is 7.67. The number of benzene rings is 1. The Morgan fingerprint density at radius 1 is 1.14 bits per heavy atom. The number of rotatable bonds is 7. The van der Waals surface area contributed by atoms with Crippen LogP contribution in [0.25, 0.3) is 0 Å². The zero-order valence-corrected chi connectivity index (χ0v) is 20.1. The highest BCUT2D eigenvalue weighted by Crippen LogP contribution is 2.26. The third-order valence-corrected chi connectivity index (χ3v) is 7.04. The number of likely N-dealkylation sites (tertiary alicyclic amines) is 1. The van der Waals surface area contributed by atoms with Crippen molar-refractivity contribution in [2.75, 3.05) is 32.4 Å². The number of hydrogen-bond acceptors (Lipinski definition) is 3. The van der Waals surface area contributed by atoms with Crippen molar-refractivity contribution >= 4 is 40.7 Å². The van der Waals surface area contributed by atoms with Crippen LogP contribution in [0.2, 0.25) is 0 Å². The van der Waals surface area contributed by atoms with Gasteiger partial charge in [-0.3, -0.25) is 9.20 Å². The van der Waals surface area contributed by atoms with Gasteiger partial charge in [-0.1, -0.05) is 43.2 Å². The van der Waals surface area contributed by atoms with E-state index in [1.54, 1.807) is 0 Å². The van der Waals surface area contributed by atoms with Crippen LogP contribution in [-0.2, 0) is 16.6 Å². The molecule has 5 nitrogen and oxygen atoms in total. The van der Waals surface area contributed by atoms with Gasteiger partial charge in [0.25, 0.3) is 0 Å². The van der Waals surface area contributed by atoms with E-state index in [1.165, 1.54) is 51.6 Å². The number of nitrogens with one attached hydrogen (secondary N) is 2. The van der Waals surface area contributed by atoms with Crippen LogP contribution >= 0.6 is 24.0 Å². The maximum atomic E-state index is 12.2. The summed E-state index contributed by atoms with van der Waals surface area (Å²) in [6.07, 6.45) is 7.95. The van der Waals surface area contributed by atoms with Crippen LogP contribution in [0, 0.1) is 0 Å². The highest BCUT2D eigenvalue weighted by Gasteiger charge is 2.27. The van der Waals surface area contributed by atoms with E-state index in [-0.39, 0.29) is 24.0 Å². The smallest absolute Gasteiger partial charge is 0.191 e. The van der Waals surface area contributed by atoms with Gasteiger partial charge >= 0.3 is 0 Å². The van der Waals surface area contributed by atoms with E-state index in [9.17, 15) is 4.21 Å². The maximum absolute atomic E-state index is 12.2. The first-order chi connectivity index (χ1) is 13.2. The summed E-state index contributed by atoms with van der Waals surface area (Å²) in [6.45, 7) is 3.07. The zero-order chi connectivity index (χ0) is 18.9. The van der Waals surface area contributed by atoms with Crippen LogP contribution in [0.1, 0.15) is 44.1 Å². The molecule has 0 spiro atoms. The van der Waals surface area contributed by atoms with E-state index in [1.807, 2.05) is 37.4 Å². The van der Waals surface area contributed by atoms with Crippen molar-refractivity contribution in [1.29, 1.82) is 0 Å². The molecule has 2 aliphatic rings. The Kier molecular flexibility index (Phi) is 10.8. The van der Waals surface area contributed by atoms with Crippen LogP contribution in [-0.4, -0.2) is 59.6 Å². The van der Waals surface area contributed by atoms with Gasteiger partial charge in [-0.15, -0.1) is 24.0 Å². The lowest BCUT2D eigenvalue weighted by Gasteiger charge is -2.36. The number of halogens is 1. The van der Waals surface area contributed by atoms with E-state index in [2.05, 4.69) is 20.5 Å². The number of hydrogen-bond donors (Lipinski definition) is 2. The van der Waals surface area contributed by atoms with Crippen molar-refractivity contribution in [3.05, 3.63) is 35.9 Å². The minimum Gasteiger partial charge on any atom is -0.355 e. The molecule has 7 heteroatoms. The van der Waals surface area contributed by atoms with Crippen LogP contribution in [0.3, 0.4) is 0 Å². The first-order valence-corrected chi connectivity index (χ1v) is 11.8. The Labute approximate surface area is 189 Å². The van der Waals surface area contributed by atoms with Gasteiger partial charge in [-0.2, -0.15) is 0 Å². The van der Waals surface area contributed by atoms with Crippen LogP contribution in [0.5, 0.6) is 0 Å². The van der Waals surface area contributed by atoms with Crippen molar-refractivity contribution in [2.24, 2.45) is 4.99 Å². The molecular formula is C21H35IN4OS. The number of piperidine rings is 1. The lowest BCUT2D eigenvalue weighted by Crippen LogP contribution is -2.50. The summed E-state index contributed by atoms with van der Waals surface area (Å²) in [5.41, 5.74) is 1.13. The molecule has 1 saturated heterocycles. The van der Waals surface area contributed by atoms with Gasteiger partial charge in [0.15, 0.2) is 5.96 Å². The normalized spacial score (nSPS) is 20.5. The quantitative estimate of drug-likeness (QED) is 0.331. The van der Waals surface area contributed by atoms with E-state index < -0.39 is 10.8 Å². The Morgan fingerprint density at radius 3 is 2.46 bits per heavy atom. The Bertz CT molecular complexity index is 614. The molecule has 1 aliphatic carbocycles. The minimum atomic E-state index is -0.854. The lowest BCUT2D eigenvalue weighted by atomic mass is 10.0. The highest BCUT2D eigenvalue weighted by atomic mass is 127. The number of guanidine groups is 1. The standard InChI is InChI=1S/C21H34N4OS.HI/c1-22-21(23-13-16-27(26)17-18-7-3-2-4-8-18)24-19-11-14-25(15-12-19)20-9-5-6-10-20;/h2-4,7-8,19-20H,5-6,9-17H2,1H3,(H2,22,23,24);1H. The van der Waals surface area contributed by atoms with Crippen molar-refractivity contribution in [2.45, 2.75) is 56.4 Å². The van der Waals surface area contributed by atoms with Gasteiger partial charge in [-0.05, 0) is 31.2 Å². The molecule has 0 amide bonds. The zero-order valence-electron chi connectivity index (χ0n) is 16.9. The summed E-state index contributed by atoms with van der Waals surface area (Å²) in [5, 5.41) is 6.89. The molecule has 2 fully saturated rings. The summed E-state index contributed by atoms with van der Waals surface area (Å²) in [5.74, 6) is 2.09. The molecule has 2 N–H and O–H groups in total. The SMILES string of the molecule is CN=C(NCCS(=O)Cc1ccccc1)NC1CCN(C2CCCC2)CC1.I. The average Bonchev–Trinajstić information content (AvgIpc) is 3.23. The van der Waals surface area contributed by atoms with Gasteiger partial charge in [0.2, 0.25) is 0 Å². The molecule has 1 aromatic carbocycles. The predicted molar refractivity (Wildman–Crippen MR) is 130 cm³/mol. The van der Waals surface area contributed by atoms with E-state index in [4.69, 9.17) is 0 Å². The molecule has 1 aliphatic heterocycles. The van der Waals surface area contributed by atoms with Crippen LogP contribution in [0.15, 0.2) is 35.3 Å². The third-order valence-electron chi connectivity index (χ3n) is 5.73. The Morgan fingerprint density at radius 2 is 1.82 bits per heavy atom. The fraction of sp³-hybridized carbons (Fsp3) is 0.667.